The van der Waals surface area contributed by atoms with Crippen molar-refractivity contribution in [2.24, 2.45) is 0 Å². The lowest BCUT2D eigenvalue weighted by atomic mass is 10.1. The van der Waals surface area contributed by atoms with E-state index in [4.69, 9.17) is 11.6 Å². The van der Waals surface area contributed by atoms with Crippen molar-refractivity contribution in [2.45, 2.75) is 4.83 Å². The number of esters is 1. The molecule has 1 rings (SSSR count). The second-order valence-electron chi connectivity index (χ2n) is 2.52. The Labute approximate surface area is 94.1 Å². The van der Waals surface area contributed by atoms with Crippen LogP contribution in [-0.4, -0.2) is 13.1 Å². The van der Waals surface area contributed by atoms with E-state index in [9.17, 15) is 9.18 Å². The standard InChI is InChI=1S/C9H7BrClFO2/c1-14-9(13)8(10)7-5(11)3-2-4-6(7)12/h2-4,8H,1H3/t8-/m1/s1. The molecule has 0 aliphatic rings. The fraction of sp³-hybridized carbons (Fsp3) is 0.222. The zero-order chi connectivity index (χ0) is 10.7. The number of methoxy groups -OCH3 is 1. The van der Waals surface area contributed by atoms with Crippen LogP contribution in [0.4, 0.5) is 4.39 Å². The Balaban J connectivity index is 3.11. The highest BCUT2D eigenvalue weighted by molar-refractivity contribution is 9.09. The Morgan fingerprint density at radius 1 is 1.64 bits per heavy atom. The highest BCUT2D eigenvalue weighted by Crippen LogP contribution is 2.32. The molecule has 0 amide bonds. The minimum absolute atomic E-state index is 0.0982. The molecule has 0 aliphatic carbocycles. The van der Waals surface area contributed by atoms with Gasteiger partial charge in [-0.1, -0.05) is 33.6 Å². The summed E-state index contributed by atoms with van der Waals surface area (Å²) in [5.41, 5.74) is 0.0982. The second kappa shape index (κ2) is 4.75. The van der Waals surface area contributed by atoms with Crippen LogP contribution in [0.25, 0.3) is 0 Å². The average molecular weight is 282 g/mol. The van der Waals surface area contributed by atoms with Gasteiger partial charge in [0.2, 0.25) is 0 Å². The number of benzene rings is 1. The van der Waals surface area contributed by atoms with Gasteiger partial charge in [-0.15, -0.1) is 0 Å². The van der Waals surface area contributed by atoms with E-state index >= 15 is 0 Å². The van der Waals surface area contributed by atoms with Gasteiger partial charge in [0, 0.05) is 10.6 Å². The molecular weight excluding hydrogens is 274 g/mol. The van der Waals surface area contributed by atoms with Gasteiger partial charge in [-0.3, -0.25) is 4.79 Å². The molecule has 0 aliphatic heterocycles. The van der Waals surface area contributed by atoms with Gasteiger partial charge in [0.25, 0.3) is 0 Å². The lowest BCUT2D eigenvalue weighted by molar-refractivity contribution is -0.139. The maximum absolute atomic E-state index is 13.3. The summed E-state index contributed by atoms with van der Waals surface area (Å²) in [7, 11) is 1.23. The van der Waals surface area contributed by atoms with Crippen molar-refractivity contribution in [3.8, 4) is 0 Å². The third kappa shape index (κ3) is 2.25. The topological polar surface area (TPSA) is 26.3 Å². The first-order valence-corrected chi connectivity index (χ1v) is 5.03. The van der Waals surface area contributed by atoms with E-state index in [1.54, 1.807) is 0 Å². The molecule has 0 unspecified atom stereocenters. The molecule has 0 fully saturated rings. The van der Waals surface area contributed by atoms with Crippen LogP contribution in [0.2, 0.25) is 5.02 Å². The predicted octanol–water partition coefficient (Wildman–Crippen LogP) is 3.09. The molecule has 5 heteroatoms. The zero-order valence-corrected chi connectivity index (χ0v) is 9.60. The summed E-state index contributed by atoms with van der Waals surface area (Å²) in [6.45, 7) is 0. The van der Waals surface area contributed by atoms with Crippen molar-refractivity contribution in [2.75, 3.05) is 7.11 Å². The minimum atomic E-state index is -0.874. The molecule has 1 atom stereocenters. The molecule has 1 aromatic carbocycles. The monoisotopic (exact) mass is 280 g/mol. The van der Waals surface area contributed by atoms with Crippen molar-refractivity contribution >= 4 is 33.5 Å². The van der Waals surface area contributed by atoms with Crippen LogP contribution in [0.1, 0.15) is 10.4 Å². The number of ether oxygens (including phenoxy) is 1. The van der Waals surface area contributed by atoms with Crippen molar-refractivity contribution in [3.05, 3.63) is 34.6 Å². The zero-order valence-electron chi connectivity index (χ0n) is 7.26. The van der Waals surface area contributed by atoms with Crippen LogP contribution >= 0.6 is 27.5 Å². The van der Waals surface area contributed by atoms with Gasteiger partial charge in [-0.2, -0.15) is 0 Å². The molecule has 76 valence electrons. The molecule has 0 bridgehead atoms. The largest absolute Gasteiger partial charge is 0.468 e. The van der Waals surface area contributed by atoms with E-state index in [0.717, 1.165) is 0 Å². The maximum Gasteiger partial charge on any atom is 0.324 e. The van der Waals surface area contributed by atoms with E-state index in [2.05, 4.69) is 20.7 Å². The van der Waals surface area contributed by atoms with Gasteiger partial charge >= 0.3 is 5.97 Å². The van der Waals surface area contributed by atoms with Crippen LogP contribution in [0.5, 0.6) is 0 Å². The fourth-order valence-electron chi connectivity index (χ4n) is 0.974. The van der Waals surface area contributed by atoms with Crippen molar-refractivity contribution in [1.29, 1.82) is 0 Å². The summed E-state index contributed by atoms with van der Waals surface area (Å²) < 4.78 is 17.7. The van der Waals surface area contributed by atoms with Crippen LogP contribution in [0.3, 0.4) is 0 Å². The number of carbonyl (C=O) groups excluding carboxylic acids is 1. The summed E-state index contributed by atoms with van der Waals surface area (Å²) in [4.78, 5) is 10.2. The SMILES string of the molecule is COC(=O)[C@H](Br)c1c(F)cccc1Cl. The number of halogens is 3. The van der Waals surface area contributed by atoms with Crippen molar-refractivity contribution in [3.63, 3.8) is 0 Å². The maximum atomic E-state index is 13.3. The molecule has 0 aromatic heterocycles. The number of hydrogen-bond acceptors (Lipinski definition) is 2. The summed E-state index contributed by atoms with van der Waals surface area (Å²) >= 11 is 8.76. The van der Waals surface area contributed by atoms with Gasteiger partial charge in [-0.05, 0) is 12.1 Å². The highest BCUT2D eigenvalue weighted by atomic mass is 79.9. The van der Waals surface area contributed by atoms with Crippen LogP contribution in [0, 0.1) is 5.82 Å². The van der Waals surface area contributed by atoms with E-state index in [0.29, 0.717) is 0 Å². The second-order valence-corrected chi connectivity index (χ2v) is 3.84. The Bertz CT molecular complexity index is 336. The lowest BCUT2D eigenvalue weighted by Gasteiger charge is -2.10. The number of rotatable bonds is 2. The van der Waals surface area contributed by atoms with E-state index in [1.165, 1.54) is 25.3 Å². The normalized spacial score (nSPS) is 12.3. The Morgan fingerprint density at radius 3 is 2.79 bits per heavy atom. The first-order chi connectivity index (χ1) is 6.57. The molecule has 0 saturated carbocycles. The van der Waals surface area contributed by atoms with Gasteiger partial charge in [0.15, 0.2) is 0 Å². The molecule has 0 spiro atoms. The van der Waals surface area contributed by atoms with Crippen molar-refractivity contribution < 1.29 is 13.9 Å². The van der Waals surface area contributed by atoms with Crippen molar-refractivity contribution in [1.82, 2.24) is 0 Å². The summed E-state index contributed by atoms with van der Waals surface area (Å²) in [5.74, 6) is -1.12. The molecule has 2 nitrogen and oxygen atoms in total. The van der Waals surface area contributed by atoms with Crippen LogP contribution < -0.4 is 0 Å². The number of hydrogen-bond donors (Lipinski definition) is 0. The fourth-order valence-corrected chi connectivity index (χ4v) is 2.03. The van der Waals surface area contributed by atoms with Crippen LogP contribution in [0.15, 0.2) is 18.2 Å². The smallest absolute Gasteiger partial charge is 0.324 e. The first-order valence-electron chi connectivity index (χ1n) is 3.73. The highest BCUT2D eigenvalue weighted by Gasteiger charge is 2.23. The van der Waals surface area contributed by atoms with E-state index in [1.807, 2.05) is 0 Å². The molecule has 14 heavy (non-hydrogen) atoms. The van der Waals surface area contributed by atoms with E-state index in [-0.39, 0.29) is 10.6 Å². The number of carbonyl (C=O) groups is 1. The summed E-state index contributed by atoms with van der Waals surface area (Å²) in [6, 6.07) is 4.22. The molecule has 1 aromatic rings. The third-order valence-electron chi connectivity index (χ3n) is 1.66. The average Bonchev–Trinajstić information content (AvgIpc) is 2.16. The Kier molecular flexibility index (Phi) is 3.89. The number of alkyl halides is 1. The first kappa shape index (κ1) is 11.5. The molecular formula is C9H7BrClFO2. The summed E-state index contributed by atoms with van der Waals surface area (Å²) in [5, 5.41) is 0.192. The minimum Gasteiger partial charge on any atom is -0.468 e. The molecule has 0 N–H and O–H groups in total. The molecule has 0 saturated heterocycles. The molecule has 0 radical (unpaired) electrons. The van der Waals surface area contributed by atoms with Gasteiger partial charge in [-0.25, -0.2) is 4.39 Å². The van der Waals surface area contributed by atoms with Gasteiger partial charge in [0.1, 0.15) is 10.6 Å². The van der Waals surface area contributed by atoms with Crippen LogP contribution in [-0.2, 0) is 9.53 Å². The Morgan fingerprint density at radius 2 is 2.29 bits per heavy atom. The molecule has 0 heterocycles. The quantitative estimate of drug-likeness (QED) is 0.615. The Hall–Kier alpha value is -0.610. The lowest BCUT2D eigenvalue weighted by Crippen LogP contribution is -2.10. The predicted molar refractivity (Wildman–Crippen MR) is 55.1 cm³/mol. The van der Waals surface area contributed by atoms with Gasteiger partial charge < -0.3 is 4.74 Å². The third-order valence-corrected chi connectivity index (χ3v) is 2.82. The summed E-state index contributed by atoms with van der Waals surface area (Å²) in [6.07, 6.45) is 0. The van der Waals surface area contributed by atoms with Gasteiger partial charge in [0.05, 0.1) is 7.11 Å². The van der Waals surface area contributed by atoms with E-state index < -0.39 is 16.6 Å².